The molecule has 0 amide bonds. The Kier molecular flexibility index (Phi) is 3.91. The van der Waals surface area contributed by atoms with Crippen molar-refractivity contribution < 1.29 is 0 Å². The highest BCUT2D eigenvalue weighted by molar-refractivity contribution is 6.10. The summed E-state index contributed by atoms with van der Waals surface area (Å²) in [6.45, 7) is 0. The molecule has 0 saturated heterocycles. The van der Waals surface area contributed by atoms with Gasteiger partial charge in [-0.1, -0.05) is 72.8 Å². The number of pyridine rings is 2. The maximum Gasteiger partial charge on any atom is 0.159 e. The van der Waals surface area contributed by atoms with Crippen molar-refractivity contribution in [3.8, 4) is 11.4 Å². The molecule has 0 atom stereocenters. The molecule has 0 saturated carbocycles. The monoisotopic (exact) mass is 460 g/mol. The van der Waals surface area contributed by atoms with Crippen molar-refractivity contribution in [1.29, 1.82) is 0 Å². The van der Waals surface area contributed by atoms with E-state index in [0.717, 1.165) is 22.4 Å². The lowest BCUT2D eigenvalue weighted by atomic mass is 10.2. The highest BCUT2D eigenvalue weighted by Gasteiger charge is 2.14. The van der Waals surface area contributed by atoms with E-state index in [4.69, 9.17) is 9.97 Å². The van der Waals surface area contributed by atoms with Gasteiger partial charge in [-0.25, -0.2) is 9.97 Å². The molecule has 0 bridgehead atoms. The second kappa shape index (κ2) is 7.27. The Morgan fingerprint density at radius 3 is 1.11 bits per heavy atom. The Balaban J connectivity index is 1.40. The second-order valence-corrected chi connectivity index (χ2v) is 9.17. The minimum Gasteiger partial charge on any atom is -0.308 e. The Morgan fingerprint density at radius 2 is 0.750 bits per heavy atom. The maximum absolute atomic E-state index is 4.76. The quantitative estimate of drug-likeness (QED) is 0.264. The summed E-state index contributed by atoms with van der Waals surface area (Å²) < 4.78 is 4.59. The highest BCUT2D eigenvalue weighted by atomic mass is 15.0. The zero-order valence-corrected chi connectivity index (χ0v) is 19.3. The van der Waals surface area contributed by atoms with Gasteiger partial charge in [0.05, 0.1) is 45.8 Å². The van der Waals surface area contributed by atoms with E-state index in [-0.39, 0.29) is 0 Å². The lowest BCUT2D eigenvalue weighted by Crippen LogP contribution is -1.98. The molecular formula is C32H20N4. The number of benzene rings is 4. The van der Waals surface area contributed by atoms with Crippen molar-refractivity contribution >= 4 is 54.6 Å². The molecule has 4 heteroatoms. The molecule has 0 radical (unpaired) electrons. The summed E-state index contributed by atoms with van der Waals surface area (Å²) in [6.07, 6.45) is 3.85. The first kappa shape index (κ1) is 19.4. The Morgan fingerprint density at radius 1 is 0.417 bits per heavy atom. The van der Waals surface area contributed by atoms with Crippen molar-refractivity contribution in [3.05, 3.63) is 122 Å². The number of para-hydroxylation sites is 4. The van der Waals surface area contributed by atoms with Crippen LogP contribution in [0.25, 0.3) is 66.0 Å². The molecule has 4 heterocycles. The largest absolute Gasteiger partial charge is 0.308 e. The molecular weight excluding hydrogens is 440 g/mol. The molecule has 8 rings (SSSR count). The first-order valence-corrected chi connectivity index (χ1v) is 12.1. The lowest BCUT2D eigenvalue weighted by Gasteiger charge is -2.11. The fourth-order valence-corrected chi connectivity index (χ4v) is 5.65. The SMILES string of the molecule is c1ccc2c(c1)c1ccccc1n2-c1cnc2ncc(-n3c4ccccc4c4ccccc43)cc2c1. The first-order chi connectivity index (χ1) is 17.9. The number of fused-ring (bicyclic) bond motifs is 7. The average Bonchev–Trinajstić information content (AvgIpc) is 3.46. The molecule has 4 aromatic carbocycles. The summed E-state index contributed by atoms with van der Waals surface area (Å²) in [5.41, 5.74) is 7.49. The minimum atomic E-state index is 0.740. The molecule has 0 spiro atoms. The average molecular weight is 461 g/mol. The molecule has 0 N–H and O–H groups in total. The summed E-state index contributed by atoms with van der Waals surface area (Å²) in [4.78, 5) is 9.51. The molecule has 36 heavy (non-hydrogen) atoms. The zero-order chi connectivity index (χ0) is 23.6. The topological polar surface area (TPSA) is 35.6 Å². The van der Waals surface area contributed by atoms with Crippen LogP contribution in [0.2, 0.25) is 0 Å². The smallest absolute Gasteiger partial charge is 0.159 e. The third-order valence-electron chi connectivity index (χ3n) is 7.18. The second-order valence-electron chi connectivity index (χ2n) is 9.17. The van der Waals surface area contributed by atoms with Gasteiger partial charge >= 0.3 is 0 Å². The number of hydrogen-bond acceptors (Lipinski definition) is 2. The third kappa shape index (κ3) is 2.64. The molecule has 4 aromatic heterocycles. The molecule has 0 aliphatic carbocycles. The van der Waals surface area contributed by atoms with Crippen molar-refractivity contribution in [2.24, 2.45) is 0 Å². The van der Waals surface area contributed by atoms with Crippen LogP contribution in [-0.2, 0) is 0 Å². The summed E-state index contributed by atoms with van der Waals surface area (Å²) >= 11 is 0. The highest BCUT2D eigenvalue weighted by Crippen LogP contribution is 2.34. The van der Waals surface area contributed by atoms with Gasteiger partial charge in [-0.3, -0.25) is 0 Å². The van der Waals surface area contributed by atoms with Crippen LogP contribution in [0.15, 0.2) is 122 Å². The van der Waals surface area contributed by atoms with E-state index in [1.165, 1.54) is 43.6 Å². The van der Waals surface area contributed by atoms with Gasteiger partial charge in [0.25, 0.3) is 0 Å². The molecule has 0 fully saturated rings. The Labute approximate surface area is 206 Å². The summed E-state index contributed by atoms with van der Waals surface area (Å²) in [6, 6.07) is 38.6. The van der Waals surface area contributed by atoms with Crippen LogP contribution in [0.1, 0.15) is 0 Å². The fourth-order valence-electron chi connectivity index (χ4n) is 5.65. The lowest BCUT2D eigenvalue weighted by molar-refractivity contribution is 1.13. The van der Waals surface area contributed by atoms with Gasteiger partial charge in [0.15, 0.2) is 5.65 Å². The van der Waals surface area contributed by atoms with E-state index in [1.54, 1.807) is 0 Å². The predicted molar refractivity (Wildman–Crippen MR) is 148 cm³/mol. The van der Waals surface area contributed by atoms with Crippen LogP contribution in [-0.4, -0.2) is 19.1 Å². The van der Waals surface area contributed by atoms with Gasteiger partial charge in [-0.2, -0.15) is 0 Å². The van der Waals surface area contributed by atoms with Crippen LogP contribution in [0, 0.1) is 0 Å². The number of aromatic nitrogens is 4. The predicted octanol–water partition coefficient (Wildman–Crippen LogP) is 7.82. The number of rotatable bonds is 2. The molecule has 0 unspecified atom stereocenters. The van der Waals surface area contributed by atoms with Crippen LogP contribution in [0.4, 0.5) is 0 Å². The Hall–Kier alpha value is -4.96. The first-order valence-electron chi connectivity index (χ1n) is 12.1. The zero-order valence-electron chi connectivity index (χ0n) is 19.3. The van der Waals surface area contributed by atoms with Crippen LogP contribution < -0.4 is 0 Å². The van der Waals surface area contributed by atoms with E-state index >= 15 is 0 Å². The van der Waals surface area contributed by atoms with E-state index in [1.807, 2.05) is 12.4 Å². The Bertz CT molecular complexity index is 1860. The van der Waals surface area contributed by atoms with Crippen LogP contribution >= 0.6 is 0 Å². The van der Waals surface area contributed by atoms with Gasteiger partial charge in [-0.05, 0) is 36.4 Å². The van der Waals surface area contributed by atoms with Gasteiger partial charge < -0.3 is 9.13 Å². The van der Waals surface area contributed by atoms with Crippen molar-refractivity contribution in [1.82, 2.24) is 19.1 Å². The number of hydrogen-bond donors (Lipinski definition) is 0. The normalized spacial score (nSPS) is 11.9. The number of nitrogens with zero attached hydrogens (tertiary/aromatic N) is 4. The summed E-state index contributed by atoms with van der Waals surface area (Å²) in [7, 11) is 0. The van der Waals surface area contributed by atoms with Gasteiger partial charge in [-0.15, -0.1) is 0 Å². The molecule has 168 valence electrons. The van der Waals surface area contributed by atoms with Gasteiger partial charge in [0, 0.05) is 26.9 Å². The third-order valence-corrected chi connectivity index (χ3v) is 7.18. The fraction of sp³-hybridized carbons (Fsp3) is 0. The van der Waals surface area contributed by atoms with E-state index in [2.05, 4.69) is 118 Å². The minimum absolute atomic E-state index is 0.740. The standard InChI is InChI=1S/C32H20N4/c1-5-13-28-24(9-1)25-10-2-6-14-29(25)35(28)22-17-21-18-23(20-34-32(21)33-19-22)36-30-15-7-3-11-26(30)27-12-4-8-16-31(27)36/h1-20H. The van der Waals surface area contributed by atoms with Crippen molar-refractivity contribution in [2.75, 3.05) is 0 Å². The van der Waals surface area contributed by atoms with Crippen molar-refractivity contribution in [2.45, 2.75) is 0 Å². The summed E-state index contributed by atoms with van der Waals surface area (Å²) in [5.74, 6) is 0. The van der Waals surface area contributed by atoms with Crippen LogP contribution in [0.5, 0.6) is 0 Å². The molecule has 0 aliphatic rings. The van der Waals surface area contributed by atoms with Crippen LogP contribution in [0.3, 0.4) is 0 Å². The van der Waals surface area contributed by atoms with Gasteiger partial charge in [0.2, 0.25) is 0 Å². The maximum atomic E-state index is 4.76. The van der Waals surface area contributed by atoms with Crippen molar-refractivity contribution in [3.63, 3.8) is 0 Å². The van der Waals surface area contributed by atoms with E-state index < -0.39 is 0 Å². The van der Waals surface area contributed by atoms with E-state index in [0.29, 0.717) is 0 Å². The molecule has 8 aromatic rings. The molecule has 0 aliphatic heterocycles. The van der Waals surface area contributed by atoms with E-state index in [9.17, 15) is 0 Å². The summed E-state index contributed by atoms with van der Waals surface area (Å²) in [5, 5.41) is 5.97. The van der Waals surface area contributed by atoms with Gasteiger partial charge in [0.1, 0.15) is 0 Å². The molecule has 4 nitrogen and oxygen atoms in total.